The highest BCUT2D eigenvalue weighted by Gasteiger charge is 2.31. The summed E-state index contributed by atoms with van der Waals surface area (Å²) >= 11 is 0. The second kappa shape index (κ2) is 8.81. The summed E-state index contributed by atoms with van der Waals surface area (Å²) in [5.41, 5.74) is 1.30. The van der Waals surface area contributed by atoms with Crippen molar-refractivity contribution in [2.75, 3.05) is 31.5 Å². The highest BCUT2D eigenvalue weighted by Crippen LogP contribution is 2.21. The number of amides is 2. The molecule has 26 heavy (non-hydrogen) atoms. The maximum atomic E-state index is 12.1. The standard InChI is InChI=1S/C20H26N4O2/c21-14-16-7-9-17(10-8-16)22-19(25)5-2-12-23-11-1-4-18(15-23)24-13-3-6-20(24)26/h7-10,18H,1-6,11-13,15H2,(H,22,25)/t18-/m1/s1. The number of nitrogens with zero attached hydrogens (tertiary/aromatic N) is 3. The van der Waals surface area contributed by atoms with Gasteiger partial charge >= 0.3 is 0 Å². The van der Waals surface area contributed by atoms with E-state index in [0.29, 0.717) is 30.4 Å². The van der Waals surface area contributed by atoms with Crippen molar-refractivity contribution < 1.29 is 9.59 Å². The van der Waals surface area contributed by atoms with Crippen LogP contribution in [0.5, 0.6) is 0 Å². The Morgan fingerprint density at radius 2 is 2.04 bits per heavy atom. The minimum Gasteiger partial charge on any atom is -0.338 e. The lowest BCUT2D eigenvalue weighted by molar-refractivity contribution is -0.130. The highest BCUT2D eigenvalue weighted by molar-refractivity contribution is 5.90. The zero-order chi connectivity index (χ0) is 18.4. The molecule has 2 heterocycles. The maximum absolute atomic E-state index is 12.1. The van der Waals surface area contributed by atoms with E-state index in [1.165, 1.54) is 0 Å². The van der Waals surface area contributed by atoms with Gasteiger partial charge < -0.3 is 15.1 Å². The van der Waals surface area contributed by atoms with Gasteiger partial charge in [-0.05, 0) is 63.0 Å². The number of anilines is 1. The van der Waals surface area contributed by atoms with Crippen LogP contribution in [0.1, 0.15) is 44.1 Å². The van der Waals surface area contributed by atoms with Crippen LogP contribution in [0.25, 0.3) is 0 Å². The van der Waals surface area contributed by atoms with Crippen molar-refractivity contribution in [3.8, 4) is 6.07 Å². The first-order valence-electron chi connectivity index (χ1n) is 9.47. The van der Waals surface area contributed by atoms with Crippen LogP contribution in [0.3, 0.4) is 0 Å². The molecule has 0 saturated carbocycles. The van der Waals surface area contributed by atoms with Gasteiger partial charge in [-0.1, -0.05) is 0 Å². The first-order valence-corrected chi connectivity index (χ1v) is 9.47. The number of rotatable bonds is 6. The molecule has 0 bridgehead atoms. The summed E-state index contributed by atoms with van der Waals surface area (Å²) in [7, 11) is 0. The van der Waals surface area contributed by atoms with Gasteiger partial charge in [-0.3, -0.25) is 9.59 Å². The van der Waals surface area contributed by atoms with Crippen LogP contribution in [0.15, 0.2) is 24.3 Å². The second-order valence-electron chi connectivity index (χ2n) is 7.13. The van der Waals surface area contributed by atoms with E-state index < -0.39 is 0 Å². The lowest BCUT2D eigenvalue weighted by atomic mass is 10.0. The van der Waals surface area contributed by atoms with Gasteiger partial charge in [-0.2, -0.15) is 5.26 Å². The Morgan fingerprint density at radius 3 is 2.73 bits per heavy atom. The summed E-state index contributed by atoms with van der Waals surface area (Å²) in [6.45, 7) is 3.78. The van der Waals surface area contributed by atoms with Crippen molar-refractivity contribution in [2.24, 2.45) is 0 Å². The molecule has 0 aromatic heterocycles. The topological polar surface area (TPSA) is 76.4 Å². The molecule has 1 aromatic rings. The zero-order valence-electron chi connectivity index (χ0n) is 15.1. The minimum atomic E-state index is -0.00186. The molecule has 6 heteroatoms. The Labute approximate surface area is 154 Å². The fourth-order valence-electron chi connectivity index (χ4n) is 3.86. The molecular weight excluding hydrogens is 328 g/mol. The molecule has 0 unspecified atom stereocenters. The Kier molecular flexibility index (Phi) is 6.24. The van der Waals surface area contributed by atoms with Gasteiger partial charge in [0, 0.05) is 37.7 Å². The molecule has 1 N–H and O–H groups in total. The van der Waals surface area contributed by atoms with Crippen molar-refractivity contribution in [2.45, 2.75) is 44.6 Å². The summed E-state index contributed by atoms with van der Waals surface area (Å²) in [6.07, 6.45) is 5.19. The van der Waals surface area contributed by atoms with Gasteiger partial charge in [-0.25, -0.2) is 0 Å². The van der Waals surface area contributed by atoms with Crippen molar-refractivity contribution >= 4 is 17.5 Å². The molecule has 0 aliphatic carbocycles. The number of hydrogen-bond donors (Lipinski definition) is 1. The molecular formula is C20H26N4O2. The van der Waals surface area contributed by atoms with E-state index in [4.69, 9.17) is 5.26 Å². The number of carbonyl (C=O) groups excluding carboxylic acids is 2. The van der Waals surface area contributed by atoms with Crippen molar-refractivity contribution in [1.29, 1.82) is 5.26 Å². The van der Waals surface area contributed by atoms with Gasteiger partial charge in [0.2, 0.25) is 11.8 Å². The normalized spacial score (nSPS) is 20.8. The van der Waals surface area contributed by atoms with E-state index in [9.17, 15) is 9.59 Å². The lowest BCUT2D eigenvalue weighted by Crippen LogP contribution is -2.48. The van der Waals surface area contributed by atoms with E-state index >= 15 is 0 Å². The molecule has 2 saturated heterocycles. The van der Waals surface area contributed by atoms with E-state index in [1.54, 1.807) is 24.3 Å². The van der Waals surface area contributed by atoms with Crippen LogP contribution in [0, 0.1) is 11.3 Å². The molecule has 2 fully saturated rings. The summed E-state index contributed by atoms with van der Waals surface area (Å²) in [4.78, 5) is 28.5. The van der Waals surface area contributed by atoms with Gasteiger partial charge in [0.1, 0.15) is 0 Å². The van der Waals surface area contributed by atoms with Crippen LogP contribution in [-0.2, 0) is 9.59 Å². The Hall–Kier alpha value is -2.39. The second-order valence-corrected chi connectivity index (χ2v) is 7.13. The third kappa shape index (κ3) is 4.83. The Balaban J connectivity index is 1.39. The van der Waals surface area contributed by atoms with Gasteiger partial charge in [0.05, 0.1) is 11.6 Å². The molecule has 3 rings (SSSR count). The summed E-state index contributed by atoms with van der Waals surface area (Å²) in [5.74, 6) is 0.302. The van der Waals surface area contributed by atoms with E-state index in [1.807, 2.05) is 0 Å². The van der Waals surface area contributed by atoms with Gasteiger partial charge in [0.25, 0.3) is 0 Å². The quantitative estimate of drug-likeness (QED) is 0.851. The van der Waals surface area contributed by atoms with Gasteiger partial charge in [-0.15, -0.1) is 0 Å². The minimum absolute atomic E-state index is 0.00186. The van der Waals surface area contributed by atoms with E-state index in [2.05, 4.69) is 21.2 Å². The van der Waals surface area contributed by atoms with Crippen LogP contribution < -0.4 is 5.32 Å². The molecule has 138 valence electrons. The summed E-state index contributed by atoms with van der Waals surface area (Å²) in [6, 6.07) is 9.31. The summed E-state index contributed by atoms with van der Waals surface area (Å²) in [5, 5.41) is 11.7. The predicted molar refractivity (Wildman–Crippen MR) is 99.4 cm³/mol. The largest absolute Gasteiger partial charge is 0.338 e. The SMILES string of the molecule is N#Cc1ccc(NC(=O)CCCN2CCC[C@@H](N3CCCC3=O)C2)cc1. The summed E-state index contributed by atoms with van der Waals surface area (Å²) < 4.78 is 0. The molecule has 6 nitrogen and oxygen atoms in total. The molecule has 2 aliphatic heterocycles. The lowest BCUT2D eigenvalue weighted by Gasteiger charge is -2.37. The van der Waals surface area contributed by atoms with Crippen LogP contribution in [0.4, 0.5) is 5.69 Å². The van der Waals surface area contributed by atoms with E-state index in [-0.39, 0.29) is 5.91 Å². The van der Waals surface area contributed by atoms with Crippen LogP contribution in [0.2, 0.25) is 0 Å². The molecule has 1 aromatic carbocycles. The fraction of sp³-hybridized carbons (Fsp3) is 0.550. The van der Waals surface area contributed by atoms with Crippen LogP contribution >= 0.6 is 0 Å². The highest BCUT2D eigenvalue weighted by atomic mass is 16.2. The first-order chi connectivity index (χ1) is 12.7. The molecule has 1 atom stereocenters. The smallest absolute Gasteiger partial charge is 0.224 e. The third-order valence-corrected chi connectivity index (χ3v) is 5.21. The number of likely N-dealkylation sites (tertiary alicyclic amines) is 2. The number of benzene rings is 1. The monoisotopic (exact) mass is 354 g/mol. The first kappa shape index (κ1) is 18.4. The Bertz CT molecular complexity index is 680. The van der Waals surface area contributed by atoms with Gasteiger partial charge in [0.15, 0.2) is 0 Å². The predicted octanol–water partition coefficient (Wildman–Crippen LogP) is 2.36. The molecule has 0 spiro atoms. The number of nitrogens with one attached hydrogen (secondary N) is 1. The number of hydrogen-bond acceptors (Lipinski definition) is 4. The Morgan fingerprint density at radius 1 is 1.23 bits per heavy atom. The number of nitriles is 1. The van der Waals surface area contributed by atoms with E-state index in [0.717, 1.165) is 57.5 Å². The average molecular weight is 354 g/mol. The molecule has 2 amide bonds. The molecule has 0 radical (unpaired) electrons. The number of piperidine rings is 1. The maximum Gasteiger partial charge on any atom is 0.224 e. The van der Waals surface area contributed by atoms with Crippen LogP contribution in [-0.4, -0.2) is 53.8 Å². The van der Waals surface area contributed by atoms with Crippen molar-refractivity contribution in [3.63, 3.8) is 0 Å². The third-order valence-electron chi connectivity index (χ3n) is 5.21. The average Bonchev–Trinajstić information content (AvgIpc) is 3.08. The fourth-order valence-corrected chi connectivity index (χ4v) is 3.86. The number of carbonyl (C=O) groups is 2. The zero-order valence-corrected chi connectivity index (χ0v) is 15.1. The van der Waals surface area contributed by atoms with Crippen molar-refractivity contribution in [3.05, 3.63) is 29.8 Å². The molecule has 2 aliphatic rings. The van der Waals surface area contributed by atoms with Crippen molar-refractivity contribution in [1.82, 2.24) is 9.80 Å².